The Kier molecular flexibility index (Phi) is 8.80. The van der Waals surface area contributed by atoms with E-state index in [4.69, 9.17) is 0 Å². The maximum Gasteiger partial charge on any atom is 0.191 e. The van der Waals surface area contributed by atoms with E-state index in [9.17, 15) is 0 Å². The molecule has 1 aliphatic rings. The van der Waals surface area contributed by atoms with Gasteiger partial charge in [0.15, 0.2) is 5.96 Å². The fraction of sp³-hybridized carbons (Fsp3) is 0.474. The third-order valence-electron chi connectivity index (χ3n) is 4.56. The second-order valence-corrected chi connectivity index (χ2v) is 7.72. The van der Waals surface area contributed by atoms with Crippen molar-refractivity contribution in [1.29, 1.82) is 0 Å². The van der Waals surface area contributed by atoms with E-state index in [0.717, 1.165) is 30.6 Å². The summed E-state index contributed by atoms with van der Waals surface area (Å²) in [6, 6.07) is 11.3. The van der Waals surface area contributed by atoms with Crippen molar-refractivity contribution in [2.75, 3.05) is 20.1 Å². The van der Waals surface area contributed by atoms with Gasteiger partial charge in [0.1, 0.15) is 0 Å². The molecule has 1 aromatic carbocycles. The van der Waals surface area contributed by atoms with Gasteiger partial charge in [0, 0.05) is 37.3 Å². The molecule has 1 saturated heterocycles. The van der Waals surface area contributed by atoms with Gasteiger partial charge in [-0.05, 0) is 31.9 Å². The molecule has 1 aromatic heterocycles. The number of hydrogen-bond acceptors (Lipinski definition) is 4. The molecule has 0 bridgehead atoms. The highest BCUT2D eigenvalue weighted by Crippen LogP contribution is 2.19. The number of hydrogen-bond donors (Lipinski definition) is 2. The molecule has 0 aliphatic carbocycles. The smallest absolute Gasteiger partial charge is 0.191 e. The number of rotatable bonds is 6. The van der Waals surface area contributed by atoms with E-state index < -0.39 is 0 Å². The van der Waals surface area contributed by atoms with Crippen LogP contribution in [0.3, 0.4) is 0 Å². The van der Waals surface area contributed by atoms with Crippen LogP contribution in [0.25, 0.3) is 0 Å². The van der Waals surface area contributed by atoms with E-state index in [1.807, 2.05) is 20.2 Å². The number of guanidine groups is 1. The van der Waals surface area contributed by atoms with E-state index in [1.165, 1.54) is 29.8 Å². The van der Waals surface area contributed by atoms with E-state index in [-0.39, 0.29) is 24.0 Å². The fourth-order valence-corrected chi connectivity index (χ4v) is 3.98. The van der Waals surface area contributed by atoms with Crippen LogP contribution in [0.1, 0.15) is 28.3 Å². The van der Waals surface area contributed by atoms with Gasteiger partial charge in [0.05, 0.1) is 11.6 Å². The Bertz CT molecular complexity index is 688. The Morgan fingerprint density at radius 3 is 2.81 bits per heavy atom. The summed E-state index contributed by atoms with van der Waals surface area (Å²) >= 11 is 1.72. The van der Waals surface area contributed by atoms with E-state index in [2.05, 4.69) is 55.8 Å². The molecule has 1 fully saturated rings. The molecule has 0 amide bonds. The number of thiazole rings is 1. The van der Waals surface area contributed by atoms with E-state index in [0.29, 0.717) is 6.04 Å². The Hall–Kier alpha value is -1.19. The van der Waals surface area contributed by atoms with Crippen molar-refractivity contribution in [2.24, 2.45) is 4.99 Å². The van der Waals surface area contributed by atoms with Gasteiger partial charge >= 0.3 is 0 Å². The summed E-state index contributed by atoms with van der Waals surface area (Å²) in [5.41, 5.74) is 1.39. The molecule has 1 atom stereocenters. The summed E-state index contributed by atoms with van der Waals surface area (Å²) in [6.07, 6.45) is 4.44. The number of aryl methyl sites for hydroxylation is 1. The van der Waals surface area contributed by atoms with Crippen molar-refractivity contribution in [1.82, 2.24) is 20.5 Å². The quantitative estimate of drug-likeness (QED) is 0.374. The molecule has 26 heavy (non-hydrogen) atoms. The van der Waals surface area contributed by atoms with Crippen LogP contribution in [0.4, 0.5) is 0 Å². The van der Waals surface area contributed by atoms with Gasteiger partial charge in [-0.1, -0.05) is 30.3 Å². The molecule has 2 aromatic rings. The Balaban J connectivity index is 0.00000243. The number of likely N-dealkylation sites (tertiary alicyclic amines) is 1. The number of aliphatic imine (C=N–C) groups is 1. The fourth-order valence-electron chi connectivity index (χ4n) is 3.25. The molecule has 1 unspecified atom stereocenters. The summed E-state index contributed by atoms with van der Waals surface area (Å²) in [5.74, 6) is 0.859. The number of nitrogens with zero attached hydrogens (tertiary/aromatic N) is 3. The number of benzene rings is 1. The molecular weight excluding hydrogens is 457 g/mol. The first-order valence-electron chi connectivity index (χ1n) is 8.88. The molecule has 2 N–H and O–H groups in total. The van der Waals surface area contributed by atoms with Crippen LogP contribution in [-0.4, -0.2) is 42.0 Å². The standard InChI is InChI=1S/C19H27N5S.HI/c1-15-21-12-18(25-15)13-23-19(20-2)22-11-17-9-6-10-24(17)14-16-7-4-3-5-8-16;/h3-5,7-8,12,17H,6,9-11,13-14H2,1-2H3,(H2,20,22,23);1H. The molecule has 0 saturated carbocycles. The maximum absolute atomic E-state index is 4.34. The average molecular weight is 485 g/mol. The molecule has 3 rings (SSSR count). The number of nitrogens with one attached hydrogen (secondary N) is 2. The predicted molar refractivity (Wildman–Crippen MR) is 120 cm³/mol. The summed E-state index contributed by atoms with van der Waals surface area (Å²) in [5, 5.41) is 7.96. The molecular formula is C19H28IN5S. The van der Waals surface area contributed by atoms with Crippen molar-refractivity contribution in [2.45, 2.75) is 38.9 Å². The van der Waals surface area contributed by atoms with Crippen LogP contribution in [-0.2, 0) is 13.1 Å². The predicted octanol–water partition coefficient (Wildman–Crippen LogP) is 3.40. The minimum absolute atomic E-state index is 0. The highest BCUT2D eigenvalue weighted by atomic mass is 127. The van der Waals surface area contributed by atoms with Gasteiger partial charge < -0.3 is 10.6 Å². The first-order chi connectivity index (χ1) is 12.2. The molecule has 7 heteroatoms. The zero-order valence-electron chi connectivity index (χ0n) is 15.4. The van der Waals surface area contributed by atoms with Gasteiger partial charge in [-0.25, -0.2) is 4.98 Å². The van der Waals surface area contributed by atoms with Gasteiger partial charge in [-0.15, -0.1) is 35.3 Å². The van der Waals surface area contributed by atoms with Crippen LogP contribution in [0.5, 0.6) is 0 Å². The van der Waals surface area contributed by atoms with Crippen molar-refractivity contribution < 1.29 is 0 Å². The summed E-state index contributed by atoms with van der Waals surface area (Å²) in [7, 11) is 1.82. The second-order valence-electron chi connectivity index (χ2n) is 6.40. The minimum atomic E-state index is 0. The maximum atomic E-state index is 4.34. The normalized spacial score (nSPS) is 17.8. The van der Waals surface area contributed by atoms with Gasteiger partial charge in [0.2, 0.25) is 0 Å². The zero-order valence-corrected chi connectivity index (χ0v) is 18.6. The molecule has 0 radical (unpaired) electrons. The molecule has 0 spiro atoms. The highest BCUT2D eigenvalue weighted by Gasteiger charge is 2.24. The molecule has 5 nitrogen and oxygen atoms in total. The van der Waals surface area contributed by atoms with Gasteiger partial charge in [-0.3, -0.25) is 9.89 Å². The monoisotopic (exact) mass is 485 g/mol. The lowest BCUT2D eigenvalue weighted by molar-refractivity contribution is 0.245. The van der Waals surface area contributed by atoms with E-state index >= 15 is 0 Å². The first kappa shape index (κ1) is 21.1. The van der Waals surface area contributed by atoms with Crippen LogP contribution in [0.15, 0.2) is 41.5 Å². The third kappa shape index (κ3) is 6.21. The Morgan fingerprint density at radius 1 is 1.31 bits per heavy atom. The van der Waals surface area contributed by atoms with Crippen LogP contribution < -0.4 is 10.6 Å². The van der Waals surface area contributed by atoms with Gasteiger partial charge in [0.25, 0.3) is 0 Å². The summed E-state index contributed by atoms with van der Waals surface area (Å²) < 4.78 is 0. The van der Waals surface area contributed by atoms with Crippen molar-refractivity contribution in [3.8, 4) is 0 Å². The summed E-state index contributed by atoms with van der Waals surface area (Å²) in [6.45, 7) is 5.92. The Morgan fingerprint density at radius 2 is 2.12 bits per heavy atom. The first-order valence-corrected chi connectivity index (χ1v) is 9.70. The van der Waals surface area contributed by atoms with Crippen LogP contribution in [0, 0.1) is 6.92 Å². The molecule has 1 aliphatic heterocycles. The lowest BCUT2D eigenvalue weighted by atomic mass is 10.2. The zero-order chi connectivity index (χ0) is 17.5. The minimum Gasteiger partial charge on any atom is -0.355 e. The topological polar surface area (TPSA) is 52.6 Å². The van der Waals surface area contributed by atoms with E-state index in [1.54, 1.807) is 11.3 Å². The number of halogens is 1. The third-order valence-corrected chi connectivity index (χ3v) is 5.47. The largest absolute Gasteiger partial charge is 0.355 e. The van der Waals surface area contributed by atoms with Crippen molar-refractivity contribution >= 4 is 41.3 Å². The molecule has 2 heterocycles. The SMILES string of the molecule is CN=C(NCc1cnc(C)s1)NCC1CCCN1Cc1ccccc1.I. The number of aromatic nitrogens is 1. The highest BCUT2D eigenvalue weighted by molar-refractivity contribution is 14.0. The van der Waals surface area contributed by atoms with Crippen LogP contribution >= 0.6 is 35.3 Å². The van der Waals surface area contributed by atoms with Crippen molar-refractivity contribution in [3.63, 3.8) is 0 Å². The van der Waals surface area contributed by atoms with Gasteiger partial charge in [-0.2, -0.15) is 0 Å². The lowest BCUT2D eigenvalue weighted by Crippen LogP contribution is -2.44. The second kappa shape index (κ2) is 10.8. The average Bonchev–Trinajstić information content (AvgIpc) is 3.25. The van der Waals surface area contributed by atoms with Crippen LogP contribution in [0.2, 0.25) is 0 Å². The Labute approximate surface area is 177 Å². The summed E-state index contributed by atoms with van der Waals surface area (Å²) in [4.78, 5) is 12.4. The lowest BCUT2D eigenvalue weighted by Gasteiger charge is -2.25. The van der Waals surface area contributed by atoms with Crippen molar-refractivity contribution in [3.05, 3.63) is 52.0 Å². The molecule has 142 valence electrons.